The van der Waals surface area contributed by atoms with Crippen molar-refractivity contribution in [2.75, 3.05) is 0 Å². The molecule has 0 saturated heterocycles. The smallest absolute Gasteiger partial charge is 0.416 e. The molecule has 0 heterocycles. The van der Waals surface area contributed by atoms with Gasteiger partial charge in [-0.2, -0.15) is 18.3 Å². The van der Waals surface area contributed by atoms with Gasteiger partial charge in [-0.15, -0.1) is 0 Å². The second-order valence-corrected chi connectivity index (χ2v) is 7.54. The summed E-state index contributed by atoms with van der Waals surface area (Å²) < 4.78 is 44.6. The molecule has 3 rings (SSSR count). The standard InChI is InChI=1S/C22H15BrF3N3O4/c23-19-10-14(7-8-20(19)33-13-15-3-1-6-18(9-15)29(31)32)12-27-28-21(30)16-4-2-5-17(11-16)22(24,25)26/h1-12H,13H2,(H,28,30)/b27-12-. The van der Waals surface area contributed by atoms with Crippen molar-refractivity contribution in [3.8, 4) is 5.75 Å². The molecule has 3 aromatic rings. The number of benzene rings is 3. The molecule has 0 fully saturated rings. The molecule has 1 amide bonds. The van der Waals surface area contributed by atoms with Crippen LogP contribution in [0.15, 0.2) is 76.3 Å². The molecule has 0 spiro atoms. The fourth-order valence-corrected chi connectivity index (χ4v) is 3.21. The summed E-state index contributed by atoms with van der Waals surface area (Å²) in [5.41, 5.74) is 2.25. The molecule has 0 radical (unpaired) electrons. The molecular weight excluding hydrogens is 507 g/mol. The largest absolute Gasteiger partial charge is 0.488 e. The normalized spacial score (nSPS) is 11.4. The van der Waals surface area contributed by atoms with Crippen molar-refractivity contribution in [2.45, 2.75) is 12.8 Å². The number of nitro groups is 1. The summed E-state index contributed by atoms with van der Waals surface area (Å²) in [6.07, 6.45) is -3.23. The highest BCUT2D eigenvalue weighted by Crippen LogP contribution is 2.29. The quantitative estimate of drug-likeness (QED) is 0.244. The zero-order chi connectivity index (χ0) is 24.0. The highest BCUT2D eigenvalue weighted by molar-refractivity contribution is 9.10. The van der Waals surface area contributed by atoms with E-state index in [0.717, 1.165) is 18.2 Å². The minimum absolute atomic E-state index is 0.0334. The summed E-state index contributed by atoms with van der Waals surface area (Å²) in [4.78, 5) is 22.4. The van der Waals surface area contributed by atoms with Crippen LogP contribution >= 0.6 is 15.9 Å². The molecule has 170 valence electrons. The lowest BCUT2D eigenvalue weighted by Crippen LogP contribution is -2.18. The number of nitrogens with one attached hydrogen (secondary N) is 1. The average molecular weight is 522 g/mol. The first kappa shape index (κ1) is 23.9. The van der Waals surface area contributed by atoms with Crippen LogP contribution in [0.3, 0.4) is 0 Å². The van der Waals surface area contributed by atoms with Gasteiger partial charge in [0.15, 0.2) is 0 Å². The number of non-ortho nitro benzene ring substituents is 1. The minimum atomic E-state index is -4.55. The Labute approximate surface area is 194 Å². The van der Waals surface area contributed by atoms with Crippen LogP contribution in [0.4, 0.5) is 18.9 Å². The Hall–Kier alpha value is -3.73. The van der Waals surface area contributed by atoms with Crippen LogP contribution in [0.1, 0.15) is 27.0 Å². The van der Waals surface area contributed by atoms with Crippen molar-refractivity contribution in [1.82, 2.24) is 5.43 Å². The Morgan fingerprint density at radius 1 is 1.12 bits per heavy atom. The molecule has 7 nitrogen and oxygen atoms in total. The summed E-state index contributed by atoms with van der Waals surface area (Å²) in [7, 11) is 0. The number of amides is 1. The zero-order valence-corrected chi connectivity index (χ0v) is 18.3. The van der Waals surface area contributed by atoms with E-state index in [9.17, 15) is 28.1 Å². The fraction of sp³-hybridized carbons (Fsp3) is 0.0909. The predicted molar refractivity (Wildman–Crippen MR) is 118 cm³/mol. The summed E-state index contributed by atoms with van der Waals surface area (Å²) in [5, 5.41) is 14.6. The molecule has 1 N–H and O–H groups in total. The number of ether oxygens (including phenoxy) is 1. The third-order valence-electron chi connectivity index (χ3n) is 4.30. The summed E-state index contributed by atoms with van der Waals surface area (Å²) in [6.45, 7) is 0.112. The van der Waals surface area contributed by atoms with Crippen LogP contribution in [0.5, 0.6) is 5.75 Å². The molecule has 0 saturated carbocycles. The van der Waals surface area contributed by atoms with Crippen molar-refractivity contribution in [2.24, 2.45) is 5.10 Å². The van der Waals surface area contributed by atoms with Gasteiger partial charge in [-0.05, 0) is 63.5 Å². The second kappa shape index (κ2) is 10.3. The molecule has 0 aliphatic heterocycles. The van der Waals surface area contributed by atoms with Crippen LogP contribution in [-0.4, -0.2) is 17.0 Å². The van der Waals surface area contributed by atoms with Gasteiger partial charge >= 0.3 is 6.18 Å². The Morgan fingerprint density at radius 2 is 1.88 bits per heavy atom. The van der Waals surface area contributed by atoms with E-state index < -0.39 is 22.6 Å². The van der Waals surface area contributed by atoms with Crippen molar-refractivity contribution in [3.05, 3.63) is 104 Å². The zero-order valence-electron chi connectivity index (χ0n) is 16.7. The number of carbonyl (C=O) groups excluding carboxylic acids is 1. The summed E-state index contributed by atoms with van der Waals surface area (Å²) >= 11 is 3.35. The Morgan fingerprint density at radius 3 is 2.58 bits per heavy atom. The van der Waals surface area contributed by atoms with Gasteiger partial charge in [0.1, 0.15) is 12.4 Å². The van der Waals surface area contributed by atoms with Gasteiger partial charge in [0.2, 0.25) is 0 Å². The summed E-state index contributed by atoms with van der Waals surface area (Å²) in [5.74, 6) is -0.306. The van der Waals surface area contributed by atoms with Gasteiger partial charge in [0.05, 0.1) is 21.2 Å². The number of nitro benzene ring substituents is 1. The van der Waals surface area contributed by atoms with E-state index in [1.54, 1.807) is 30.3 Å². The number of hydrogen-bond donors (Lipinski definition) is 1. The number of carbonyl (C=O) groups is 1. The van der Waals surface area contributed by atoms with Gasteiger partial charge in [0.25, 0.3) is 11.6 Å². The molecule has 11 heteroatoms. The fourth-order valence-electron chi connectivity index (χ4n) is 2.70. The Kier molecular flexibility index (Phi) is 7.44. The van der Waals surface area contributed by atoms with Crippen molar-refractivity contribution in [3.63, 3.8) is 0 Å². The lowest BCUT2D eigenvalue weighted by atomic mass is 10.1. The first-order valence-corrected chi connectivity index (χ1v) is 10.1. The van der Waals surface area contributed by atoms with Crippen LogP contribution in [0.25, 0.3) is 0 Å². The molecule has 33 heavy (non-hydrogen) atoms. The molecular formula is C22H15BrF3N3O4. The van der Waals surface area contributed by atoms with Crippen molar-refractivity contribution < 1.29 is 27.6 Å². The van der Waals surface area contributed by atoms with Gasteiger partial charge in [-0.3, -0.25) is 14.9 Å². The number of halogens is 4. The third-order valence-corrected chi connectivity index (χ3v) is 4.92. The second-order valence-electron chi connectivity index (χ2n) is 6.68. The average Bonchev–Trinajstić information content (AvgIpc) is 2.78. The van der Waals surface area contributed by atoms with Gasteiger partial charge < -0.3 is 4.74 Å². The highest BCUT2D eigenvalue weighted by atomic mass is 79.9. The predicted octanol–water partition coefficient (Wildman–Crippen LogP) is 5.72. The number of nitrogens with zero attached hydrogens (tertiary/aromatic N) is 2. The molecule has 0 unspecified atom stereocenters. The molecule has 3 aromatic carbocycles. The van der Waals surface area contributed by atoms with E-state index in [2.05, 4.69) is 26.5 Å². The van der Waals surface area contributed by atoms with E-state index in [1.165, 1.54) is 24.4 Å². The topological polar surface area (TPSA) is 93.8 Å². The van der Waals surface area contributed by atoms with Crippen LogP contribution in [-0.2, 0) is 12.8 Å². The van der Waals surface area contributed by atoms with Gasteiger partial charge in [-0.1, -0.05) is 18.2 Å². The Balaban J connectivity index is 1.60. The Bertz CT molecular complexity index is 1220. The van der Waals surface area contributed by atoms with Crippen LogP contribution in [0, 0.1) is 10.1 Å². The third kappa shape index (κ3) is 6.62. The molecule has 0 aromatic heterocycles. The van der Waals surface area contributed by atoms with E-state index in [1.807, 2.05) is 0 Å². The first-order chi connectivity index (χ1) is 15.6. The van der Waals surface area contributed by atoms with Gasteiger partial charge in [-0.25, -0.2) is 5.43 Å². The van der Waals surface area contributed by atoms with Crippen molar-refractivity contribution >= 4 is 33.7 Å². The molecule has 0 aliphatic carbocycles. The van der Waals surface area contributed by atoms with E-state index >= 15 is 0 Å². The molecule has 0 bridgehead atoms. The van der Waals surface area contributed by atoms with E-state index in [4.69, 9.17) is 4.74 Å². The number of hydrazone groups is 1. The SMILES string of the molecule is O=C(N/N=C\c1ccc(OCc2cccc([N+](=O)[O-])c2)c(Br)c1)c1cccc(C(F)(F)F)c1. The van der Waals surface area contributed by atoms with E-state index in [0.29, 0.717) is 21.3 Å². The minimum Gasteiger partial charge on any atom is -0.488 e. The lowest BCUT2D eigenvalue weighted by Gasteiger charge is -2.09. The van der Waals surface area contributed by atoms with Crippen LogP contribution < -0.4 is 10.2 Å². The monoisotopic (exact) mass is 521 g/mol. The van der Waals surface area contributed by atoms with Gasteiger partial charge in [0, 0.05) is 17.7 Å². The number of rotatable bonds is 7. The molecule has 0 atom stereocenters. The highest BCUT2D eigenvalue weighted by Gasteiger charge is 2.30. The maximum absolute atomic E-state index is 12.8. The van der Waals surface area contributed by atoms with Crippen LogP contribution in [0.2, 0.25) is 0 Å². The van der Waals surface area contributed by atoms with Crippen molar-refractivity contribution in [1.29, 1.82) is 0 Å². The lowest BCUT2D eigenvalue weighted by molar-refractivity contribution is -0.384. The number of hydrogen-bond acceptors (Lipinski definition) is 5. The summed E-state index contributed by atoms with van der Waals surface area (Å²) in [6, 6.07) is 15.0. The maximum atomic E-state index is 12.8. The first-order valence-electron chi connectivity index (χ1n) is 9.30. The van der Waals surface area contributed by atoms with E-state index in [-0.39, 0.29) is 17.9 Å². The molecule has 0 aliphatic rings. The maximum Gasteiger partial charge on any atom is 0.416 e. The number of alkyl halides is 3.